The van der Waals surface area contributed by atoms with Crippen LogP contribution in [0.15, 0.2) is 24.8 Å². The predicted octanol–water partition coefficient (Wildman–Crippen LogP) is 3.85. The number of hydrogen-bond donors (Lipinski definition) is 1. The monoisotopic (exact) mass is 244 g/mol. The van der Waals surface area contributed by atoms with Gasteiger partial charge in [-0.15, -0.1) is 6.58 Å². The van der Waals surface area contributed by atoms with E-state index in [1.807, 2.05) is 0 Å². The summed E-state index contributed by atoms with van der Waals surface area (Å²) in [7, 11) is 0. The average molecular weight is 244 g/mol. The van der Waals surface area contributed by atoms with E-state index in [9.17, 15) is 0 Å². The normalized spacial score (nSPS) is 11.2. The highest BCUT2D eigenvalue weighted by atomic mass is 16.3. The van der Waals surface area contributed by atoms with Crippen molar-refractivity contribution >= 4 is 0 Å². The van der Waals surface area contributed by atoms with Gasteiger partial charge in [-0.2, -0.15) is 0 Å². The fourth-order valence-electron chi connectivity index (χ4n) is 1.33. The zero-order chi connectivity index (χ0) is 13.5. The Hall–Kier alpha value is -1.44. The molecule has 0 heterocycles. The molecule has 0 aromatic rings. The summed E-state index contributed by atoms with van der Waals surface area (Å²) in [6.07, 6.45) is 12.8. The van der Waals surface area contributed by atoms with E-state index < -0.39 is 6.10 Å². The summed E-state index contributed by atoms with van der Waals surface area (Å²) >= 11 is 0. The van der Waals surface area contributed by atoms with Gasteiger partial charge in [0.15, 0.2) is 0 Å². The Morgan fingerprint density at radius 2 is 1.89 bits per heavy atom. The molecule has 0 saturated heterocycles. The van der Waals surface area contributed by atoms with Crippen LogP contribution in [0.4, 0.5) is 0 Å². The van der Waals surface area contributed by atoms with E-state index in [-0.39, 0.29) is 0 Å². The summed E-state index contributed by atoms with van der Waals surface area (Å²) < 4.78 is 0. The highest BCUT2D eigenvalue weighted by molar-refractivity contribution is 5.27. The third kappa shape index (κ3) is 12.6. The highest BCUT2D eigenvalue weighted by Crippen LogP contribution is 2.02. The van der Waals surface area contributed by atoms with Crippen LogP contribution in [0.5, 0.6) is 0 Å². The highest BCUT2D eigenvalue weighted by Gasteiger charge is 1.90. The van der Waals surface area contributed by atoms with Crippen molar-refractivity contribution in [3.8, 4) is 23.7 Å². The van der Waals surface area contributed by atoms with Crippen LogP contribution in [-0.2, 0) is 0 Å². The molecule has 0 radical (unpaired) electrons. The number of unbranched alkanes of at least 4 members (excludes halogenated alkanes) is 4. The molecule has 0 amide bonds. The Morgan fingerprint density at radius 3 is 2.61 bits per heavy atom. The third-order valence-electron chi connectivity index (χ3n) is 2.43. The van der Waals surface area contributed by atoms with E-state index in [0.717, 1.165) is 12.8 Å². The fourth-order valence-corrected chi connectivity index (χ4v) is 1.33. The number of rotatable bonds is 8. The zero-order valence-corrected chi connectivity index (χ0v) is 11.4. The molecule has 0 fully saturated rings. The molecule has 0 saturated carbocycles. The average Bonchev–Trinajstić information content (AvgIpc) is 2.39. The van der Waals surface area contributed by atoms with Crippen LogP contribution in [0.2, 0.25) is 0 Å². The first-order valence-electron chi connectivity index (χ1n) is 6.72. The maximum absolute atomic E-state index is 9.14. The molecule has 0 aromatic carbocycles. The quantitative estimate of drug-likeness (QED) is 0.391. The van der Waals surface area contributed by atoms with E-state index in [1.165, 1.54) is 31.8 Å². The molecule has 1 atom stereocenters. The molecule has 1 heteroatoms. The van der Waals surface area contributed by atoms with E-state index in [2.05, 4.69) is 49.3 Å². The molecule has 18 heavy (non-hydrogen) atoms. The van der Waals surface area contributed by atoms with Crippen LogP contribution in [0.1, 0.15) is 51.9 Å². The minimum Gasteiger partial charge on any atom is -0.388 e. The van der Waals surface area contributed by atoms with Gasteiger partial charge in [-0.25, -0.2) is 0 Å². The minimum atomic E-state index is -0.540. The summed E-state index contributed by atoms with van der Waals surface area (Å²) in [5.41, 5.74) is 0. The van der Waals surface area contributed by atoms with Crippen molar-refractivity contribution in [3.63, 3.8) is 0 Å². The fraction of sp³-hybridized carbons (Fsp3) is 0.529. The van der Waals surface area contributed by atoms with Crippen LogP contribution in [0.25, 0.3) is 0 Å². The van der Waals surface area contributed by atoms with Gasteiger partial charge in [0.1, 0.15) is 0 Å². The van der Waals surface area contributed by atoms with E-state index in [4.69, 9.17) is 5.11 Å². The van der Waals surface area contributed by atoms with Crippen molar-refractivity contribution in [2.45, 2.75) is 58.0 Å². The van der Waals surface area contributed by atoms with Gasteiger partial charge in [0.05, 0.1) is 6.10 Å². The molecule has 1 N–H and O–H groups in total. The molecule has 0 aliphatic heterocycles. The number of aliphatic hydroxyl groups excluding tert-OH is 1. The second-order valence-corrected chi connectivity index (χ2v) is 4.14. The van der Waals surface area contributed by atoms with Crippen molar-refractivity contribution in [2.24, 2.45) is 0 Å². The minimum absolute atomic E-state index is 0.408. The molecule has 0 aliphatic carbocycles. The van der Waals surface area contributed by atoms with Crippen molar-refractivity contribution < 1.29 is 5.11 Å². The molecule has 1 nitrogen and oxygen atoms in total. The van der Waals surface area contributed by atoms with Gasteiger partial charge in [-0.3, -0.25) is 0 Å². The van der Waals surface area contributed by atoms with E-state index in [0.29, 0.717) is 6.42 Å². The summed E-state index contributed by atoms with van der Waals surface area (Å²) in [4.78, 5) is 0. The number of aliphatic hydroxyl groups is 1. The number of allylic oxidation sites excluding steroid dienone is 2. The van der Waals surface area contributed by atoms with Crippen molar-refractivity contribution in [2.75, 3.05) is 0 Å². The third-order valence-corrected chi connectivity index (χ3v) is 2.43. The maximum Gasteiger partial charge on any atom is 0.0827 e. The van der Waals surface area contributed by atoms with Gasteiger partial charge in [-0.1, -0.05) is 56.3 Å². The van der Waals surface area contributed by atoms with Gasteiger partial charge in [-0.05, 0) is 24.7 Å². The smallest absolute Gasteiger partial charge is 0.0827 e. The molecule has 0 rings (SSSR count). The standard InChI is InChI=1S/C17H24O/c1-3-5-6-7-8-9-10-11-12-13-14-15-16-17(18)4-2/h4,9-10,17-18H,2-3,5-8,11,16H2,1H3. The number of hydrogen-bond acceptors (Lipinski definition) is 1. The van der Waals surface area contributed by atoms with Gasteiger partial charge in [0.2, 0.25) is 0 Å². The summed E-state index contributed by atoms with van der Waals surface area (Å²) in [6, 6.07) is 0. The first kappa shape index (κ1) is 16.6. The lowest BCUT2D eigenvalue weighted by Crippen LogP contribution is -1.97. The topological polar surface area (TPSA) is 20.2 Å². The van der Waals surface area contributed by atoms with Crippen LogP contribution < -0.4 is 0 Å². The summed E-state index contributed by atoms with van der Waals surface area (Å²) in [6.45, 7) is 5.70. The van der Waals surface area contributed by atoms with Crippen LogP contribution in [0, 0.1) is 23.7 Å². The Kier molecular flexibility index (Phi) is 12.5. The van der Waals surface area contributed by atoms with Crippen LogP contribution in [-0.4, -0.2) is 11.2 Å². The lowest BCUT2D eigenvalue weighted by Gasteiger charge is -1.93. The van der Waals surface area contributed by atoms with Gasteiger partial charge < -0.3 is 5.11 Å². The van der Waals surface area contributed by atoms with Gasteiger partial charge in [0, 0.05) is 12.8 Å². The second-order valence-electron chi connectivity index (χ2n) is 4.14. The molecular weight excluding hydrogens is 220 g/mol. The molecule has 0 aliphatic rings. The lowest BCUT2D eigenvalue weighted by molar-refractivity contribution is 0.230. The Balaban J connectivity index is 3.53. The van der Waals surface area contributed by atoms with Gasteiger partial charge >= 0.3 is 0 Å². The van der Waals surface area contributed by atoms with Crippen molar-refractivity contribution in [1.82, 2.24) is 0 Å². The predicted molar refractivity (Wildman–Crippen MR) is 78.9 cm³/mol. The SMILES string of the molecule is C=CC(O)CC#CC#CCC=CCCCCCC. The maximum atomic E-state index is 9.14. The lowest BCUT2D eigenvalue weighted by atomic mass is 10.1. The first-order valence-corrected chi connectivity index (χ1v) is 6.72. The van der Waals surface area contributed by atoms with Crippen LogP contribution in [0.3, 0.4) is 0 Å². The Labute approximate surface area is 112 Å². The molecule has 1 unspecified atom stereocenters. The van der Waals surface area contributed by atoms with Crippen LogP contribution >= 0.6 is 0 Å². The van der Waals surface area contributed by atoms with Crippen molar-refractivity contribution in [3.05, 3.63) is 24.8 Å². The van der Waals surface area contributed by atoms with E-state index in [1.54, 1.807) is 0 Å². The summed E-state index contributed by atoms with van der Waals surface area (Å²) in [5, 5.41) is 9.14. The zero-order valence-electron chi connectivity index (χ0n) is 11.4. The molecule has 0 aromatic heterocycles. The molecule has 98 valence electrons. The summed E-state index contributed by atoms with van der Waals surface area (Å²) in [5.74, 6) is 11.2. The molecule has 0 spiro atoms. The molecular formula is C17H24O. The molecule has 0 bridgehead atoms. The second kappa shape index (κ2) is 13.6. The Bertz CT molecular complexity index is 343. The van der Waals surface area contributed by atoms with Crippen molar-refractivity contribution in [1.29, 1.82) is 0 Å². The van der Waals surface area contributed by atoms with E-state index >= 15 is 0 Å². The van der Waals surface area contributed by atoms with Gasteiger partial charge in [0.25, 0.3) is 0 Å². The Morgan fingerprint density at radius 1 is 1.11 bits per heavy atom. The largest absolute Gasteiger partial charge is 0.388 e. The first-order chi connectivity index (χ1) is 8.81.